The van der Waals surface area contributed by atoms with Crippen molar-refractivity contribution in [2.75, 3.05) is 36.8 Å². The van der Waals surface area contributed by atoms with Crippen LogP contribution in [0.4, 0.5) is 16.3 Å². The molecule has 4 rings (SSSR count). The van der Waals surface area contributed by atoms with E-state index in [9.17, 15) is 9.59 Å². The zero-order chi connectivity index (χ0) is 27.3. The van der Waals surface area contributed by atoms with Crippen molar-refractivity contribution in [3.8, 4) is 11.1 Å². The quantitative estimate of drug-likeness (QED) is 0.435. The van der Waals surface area contributed by atoms with Gasteiger partial charge in [0, 0.05) is 49.0 Å². The van der Waals surface area contributed by atoms with E-state index in [1.54, 1.807) is 6.07 Å². The number of alkyl carbamates (subject to hydrolysis) is 1. The van der Waals surface area contributed by atoms with E-state index in [4.69, 9.17) is 22.1 Å². The van der Waals surface area contributed by atoms with Crippen LogP contribution in [0.5, 0.6) is 0 Å². The van der Waals surface area contributed by atoms with Crippen LogP contribution in [0.1, 0.15) is 46.5 Å². The molecule has 1 aromatic carbocycles. The normalized spacial score (nSPS) is 22.0. The Morgan fingerprint density at radius 2 is 1.89 bits per heavy atom. The van der Waals surface area contributed by atoms with Crippen molar-refractivity contribution in [3.05, 3.63) is 35.5 Å². The predicted molar refractivity (Wildman–Crippen MR) is 149 cm³/mol. The summed E-state index contributed by atoms with van der Waals surface area (Å²) < 4.78 is 5.36. The molecule has 0 radical (unpaired) electrons. The highest BCUT2D eigenvalue weighted by Crippen LogP contribution is 2.34. The Bertz CT molecular complexity index is 1130. The fraction of sp³-hybridized carbons (Fsp3) is 0.556. The Balaban J connectivity index is 1.29. The van der Waals surface area contributed by atoms with Gasteiger partial charge in [-0.25, -0.2) is 4.79 Å². The van der Waals surface area contributed by atoms with Crippen LogP contribution in [-0.4, -0.2) is 66.1 Å². The number of rotatable bonds is 6. The van der Waals surface area contributed by atoms with Crippen LogP contribution in [0.15, 0.2) is 30.3 Å². The number of nitrogens with two attached hydrogens (primary N) is 1. The minimum absolute atomic E-state index is 0.00526. The summed E-state index contributed by atoms with van der Waals surface area (Å²) >= 11 is 6.09. The first-order valence-corrected chi connectivity index (χ1v) is 13.6. The number of halogens is 1. The molecular weight excluding hydrogens is 506 g/mol. The molecule has 10 nitrogen and oxygen atoms in total. The first kappa shape index (κ1) is 27.9. The van der Waals surface area contributed by atoms with Crippen molar-refractivity contribution in [1.82, 2.24) is 26.1 Å². The van der Waals surface area contributed by atoms with Gasteiger partial charge in [0.25, 0.3) is 0 Å². The van der Waals surface area contributed by atoms with E-state index >= 15 is 0 Å². The Kier molecular flexibility index (Phi) is 8.94. The fourth-order valence-corrected chi connectivity index (χ4v) is 5.21. The molecule has 206 valence electrons. The summed E-state index contributed by atoms with van der Waals surface area (Å²) in [5, 5.41) is 17.5. The highest BCUT2D eigenvalue weighted by molar-refractivity contribution is 6.29. The van der Waals surface area contributed by atoms with E-state index in [0.717, 1.165) is 49.0 Å². The largest absolute Gasteiger partial charge is 0.444 e. The number of nitrogens with zero attached hydrogens (tertiary/aromatic N) is 3. The van der Waals surface area contributed by atoms with Crippen LogP contribution >= 0.6 is 11.6 Å². The molecule has 1 saturated carbocycles. The zero-order valence-corrected chi connectivity index (χ0v) is 23.1. The van der Waals surface area contributed by atoms with Gasteiger partial charge >= 0.3 is 6.09 Å². The fourth-order valence-electron chi connectivity index (χ4n) is 5.07. The van der Waals surface area contributed by atoms with Gasteiger partial charge in [0.15, 0.2) is 11.0 Å². The summed E-state index contributed by atoms with van der Waals surface area (Å²) in [6.07, 6.45) is 3.28. The molecule has 1 atom stereocenters. The summed E-state index contributed by atoms with van der Waals surface area (Å²) in [6, 6.07) is 9.40. The molecule has 0 bridgehead atoms. The van der Waals surface area contributed by atoms with Crippen LogP contribution in [-0.2, 0) is 9.53 Å². The SMILES string of the molecule is CC(C)(C)OC(=O)NC1CCC(CNC(=O)C2CN(c3ccccc3-c3cc(Cl)nnc3N)CCN2)CC1. The maximum Gasteiger partial charge on any atom is 0.407 e. The second-order valence-electron chi connectivity index (χ2n) is 11.0. The van der Waals surface area contributed by atoms with Crippen LogP contribution in [0.25, 0.3) is 11.1 Å². The van der Waals surface area contributed by atoms with E-state index < -0.39 is 5.60 Å². The zero-order valence-electron chi connectivity index (χ0n) is 22.3. The molecule has 1 unspecified atom stereocenters. The van der Waals surface area contributed by atoms with Gasteiger partial charge in [-0.05, 0) is 64.5 Å². The van der Waals surface area contributed by atoms with Crippen LogP contribution in [0.2, 0.25) is 5.15 Å². The minimum Gasteiger partial charge on any atom is -0.444 e. The molecule has 5 N–H and O–H groups in total. The lowest BCUT2D eigenvalue weighted by Gasteiger charge is -2.36. The Morgan fingerprint density at radius 3 is 2.63 bits per heavy atom. The monoisotopic (exact) mass is 543 g/mol. The first-order valence-electron chi connectivity index (χ1n) is 13.2. The van der Waals surface area contributed by atoms with E-state index in [1.807, 2.05) is 45.0 Å². The molecule has 1 aromatic heterocycles. The smallest absolute Gasteiger partial charge is 0.407 e. The molecule has 2 aliphatic rings. The highest BCUT2D eigenvalue weighted by Gasteiger charge is 2.29. The number of amides is 2. The van der Waals surface area contributed by atoms with Crippen molar-refractivity contribution in [2.24, 2.45) is 5.92 Å². The van der Waals surface area contributed by atoms with Crippen molar-refractivity contribution >= 4 is 35.1 Å². The number of nitrogen functional groups attached to an aromatic ring is 1. The lowest BCUT2D eigenvalue weighted by molar-refractivity contribution is -0.123. The van der Waals surface area contributed by atoms with Crippen molar-refractivity contribution in [1.29, 1.82) is 0 Å². The number of para-hydroxylation sites is 1. The van der Waals surface area contributed by atoms with Crippen LogP contribution in [0, 0.1) is 5.92 Å². The number of hydrogen-bond donors (Lipinski definition) is 4. The Hall–Kier alpha value is -3.11. The maximum absolute atomic E-state index is 13.1. The molecule has 11 heteroatoms. The van der Waals surface area contributed by atoms with Gasteiger partial charge in [-0.1, -0.05) is 29.8 Å². The number of aromatic nitrogens is 2. The van der Waals surface area contributed by atoms with Gasteiger partial charge in [-0.2, -0.15) is 0 Å². The van der Waals surface area contributed by atoms with E-state index in [0.29, 0.717) is 31.4 Å². The molecule has 38 heavy (non-hydrogen) atoms. The van der Waals surface area contributed by atoms with E-state index in [1.165, 1.54) is 0 Å². The van der Waals surface area contributed by atoms with Crippen LogP contribution in [0.3, 0.4) is 0 Å². The topological polar surface area (TPSA) is 134 Å². The van der Waals surface area contributed by atoms with Crippen molar-refractivity contribution in [3.63, 3.8) is 0 Å². The molecule has 2 fully saturated rings. The third kappa shape index (κ3) is 7.48. The molecule has 1 saturated heterocycles. The van der Waals surface area contributed by atoms with Crippen LogP contribution < -0.4 is 26.6 Å². The van der Waals surface area contributed by atoms with E-state index in [2.05, 4.69) is 31.0 Å². The standard InChI is InChI=1S/C27H38ClN7O3/c1-27(2,3)38-26(37)32-18-10-8-17(9-11-18)15-31-25(36)21-16-35(13-12-30-21)22-7-5-4-6-19(22)20-14-23(28)33-34-24(20)29/h4-7,14,17-18,21,30H,8-13,15-16H2,1-3H3,(H2,29,34)(H,31,36)(H,32,37). The lowest BCUT2D eigenvalue weighted by Crippen LogP contribution is -2.57. The third-order valence-corrected chi connectivity index (χ3v) is 7.14. The van der Waals surface area contributed by atoms with Crippen molar-refractivity contribution in [2.45, 2.75) is 64.1 Å². The summed E-state index contributed by atoms with van der Waals surface area (Å²) in [7, 11) is 0. The number of carbonyl (C=O) groups excluding carboxylic acids is 2. The average molecular weight is 544 g/mol. The third-order valence-electron chi connectivity index (χ3n) is 6.95. The second kappa shape index (κ2) is 12.2. The molecule has 2 aromatic rings. The Morgan fingerprint density at radius 1 is 1.16 bits per heavy atom. The minimum atomic E-state index is -0.506. The molecule has 1 aliphatic heterocycles. The number of carbonyl (C=O) groups is 2. The molecule has 2 heterocycles. The van der Waals surface area contributed by atoms with Gasteiger partial charge in [-0.15, -0.1) is 10.2 Å². The summed E-state index contributed by atoms with van der Waals surface area (Å²) in [5.74, 6) is 0.694. The number of nitrogens with one attached hydrogen (secondary N) is 3. The first-order chi connectivity index (χ1) is 18.1. The Labute approximate surface area is 229 Å². The van der Waals surface area contributed by atoms with Gasteiger partial charge in [0.1, 0.15) is 11.6 Å². The molecule has 0 spiro atoms. The average Bonchev–Trinajstić information content (AvgIpc) is 2.88. The molecule has 1 aliphatic carbocycles. The lowest BCUT2D eigenvalue weighted by atomic mass is 9.86. The van der Waals surface area contributed by atoms with Gasteiger partial charge in [-0.3, -0.25) is 4.79 Å². The van der Waals surface area contributed by atoms with Gasteiger partial charge < -0.3 is 31.3 Å². The number of ether oxygens (including phenoxy) is 1. The molecular formula is C27H38ClN7O3. The number of anilines is 2. The van der Waals surface area contributed by atoms with Gasteiger partial charge in [0.05, 0.1) is 0 Å². The summed E-state index contributed by atoms with van der Waals surface area (Å²) in [6.45, 7) is 8.16. The number of benzene rings is 1. The van der Waals surface area contributed by atoms with Gasteiger partial charge in [0.2, 0.25) is 5.91 Å². The predicted octanol–water partition coefficient (Wildman–Crippen LogP) is 3.36. The van der Waals surface area contributed by atoms with E-state index in [-0.39, 0.29) is 29.2 Å². The highest BCUT2D eigenvalue weighted by atomic mass is 35.5. The second-order valence-corrected chi connectivity index (χ2v) is 11.4. The number of piperazine rings is 1. The maximum atomic E-state index is 13.1. The van der Waals surface area contributed by atoms with Crippen molar-refractivity contribution < 1.29 is 14.3 Å². The number of hydrogen-bond acceptors (Lipinski definition) is 8. The molecule has 2 amide bonds. The summed E-state index contributed by atoms with van der Waals surface area (Å²) in [4.78, 5) is 27.3. The summed E-state index contributed by atoms with van der Waals surface area (Å²) in [5.41, 5.74) is 8.19.